The Labute approximate surface area is 146 Å². The third-order valence-corrected chi connectivity index (χ3v) is 3.98. The van der Waals surface area contributed by atoms with Crippen LogP contribution in [-0.2, 0) is 6.54 Å². The fourth-order valence-electron chi connectivity index (χ4n) is 2.44. The first-order valence-corrected chi connectivity index (χ1v) is 8.11. The molecule has 1 unspecified atom stereocenters. The summed E-state index contributed by atoms with van der Waals surface area (Å²) in [5, 5.41) is 3.55. The summed E-state index contributed by atoms with van der Waals surface area (Å²) in [4.78, 5) is 13.8. The molecular formula is C18H19ClN2O3. The zero-order valence-corrected chi connectivity index (χ0v) is 14.1. The summed E-state index contributed by atoms with van der Waals surface area (Å²) in [6.07, 6.45) is -0.201. The molecule has 2 aromatic carbocycles. The topological polar surface area (TPSA) is 50.8 Å². The van der Waals surface area contributed by atoms with E-state index in [1.807, 2.05) is 48.5 Å². The van der Waals surface area contributed by atoms with Crippen LogP contribution in [0, 0.1) is 0 Å². The number of ether oxygens (including phenoxy) is 2. The molecule has 24 heavy (non-hydrogen) atoms. The van der Waals surface area contributed by atoms with Crippen LogP contribution in [0.3, 0.4) is 0 Å². The second-order valence-electron chi connectivity index (χ2n) is 5.67. The lowest BCUT2D eigenvalue weighted by Crippen LogP contribution is -2.44. The van der Waals surface area contributed by atoms with Gasteiger partial charge in [0.1, 0.15) is 6.61 Å². The van der Waals surface area contributed by atoms with E-state index in [9.17, 15) is 4.79 Å². The van der Waals surface area contributed by atoms with E-state index in [0.717, 1.165) is 11.3 Å². The van der Waals surface area contributed by atoms with Gasteiger partial charge < -0.3 is 19.7 Å². The Bertz CT molecular complexity index is 706. The first-order chi connectivity index (χ1) is 11.6. The van der Waals surface area contributed by atoms with Crippen LogP contribution in [0.2, 0.25) is 5.02 Å². The number of hydrogen-bond acceptors (Lipinski definition) is 3. The van der Waals surface area contributed by atoms with Crippen LogP contribution in [0.4, 0.5) is 4.79 Å². The zero-order chi connectivity index (χ0) is 16.9. The Morgan fingerprint density at radius 3 is 2.67 bits per heavy atom. The second kappa shape index (κ2) is 7.45. The summed E-state index contributed by atoms with van der Waals surface area (Å²) < 4.78 is 11.5. The number of carbonyl (C=O) groups is 1. The summed E-state index contributed by atoms with van der Waals surface area (Å²) in [5.41, 5.74) is 1.02. The van der Waals surface area contributed by atoms with Crippen LogP contribution in [0.5, 0.6) is 11.5 Å². The molecule has 0 saturated carbocycles. The Balaban J connectivity index is 1.48. The minimum absolute atomic E-state index is 0.160. The molecule has 2 aromatic rings. The van der Waals surface area contributed by atoms with Gasteiger partial charge >= 0.3 is 6.03 Å². The van der Waals surface area contributed by atoms with Crippen molar-refractivity contribution in [2.75, 3.05) is 20.2 Å². The monoisotopic (exact) mass is 346 g/mol. The molecule has 0 saturated heterocycles. The van der Waals surface area contributed by atoms with Crippen molar-refractivity contribution >= 4 is 17.6 Å². The normalized spacial score (nSPS) is 15.7. The number of nitrogens with zero attached hydrogens (tertiary/aromatic N) is 1. The average Bonchev–Trinajstić information content (AvgIpc) is 2.61. The van der Waals surface area contributed by atoms with Gasteiger partial charge in [-0.15, -0.1) is 0 Å². The van der Waals surface area contributed by atoms with Crippen LogP contribution in [0.1, 0.15) is 5.56 Å². The molecule has 6 heteroatoms. The lowest BCUT2D eigenvalue weighted by atomic mass is 10.2. The lowest BCUT2D eigenvalue weighted by Gasteiger charge is -2.27. The number of urea groups is 1. The van der Waals surface area contributed by atoms with Gasteiger partial charge in [0, 0.05) is 18.6 Å². The zero-order valence-electron chi connectivity index (χ0n) is 13.4. The smallest absolute Gasteiger partial charge is 0.317 e. The standard InChI is InChI=1S/C18H19ClN2O3/c1-21(11-13-6-8-14(19)9-7-13)18(22)20-10-15-12-23-16-4-2-3-5-17(16)24-15/h2-9,15H,10-12H2,1H3,(H,20,22). The highest BCUT2D eigenvalue weighted by Crippen LogP contribution is 2.30. The lowest BCUT2D eigenvalue weighted by molar-refractivity contribution is 0.0904. The molecule has 1 heterocycles. The van der Waals surface area contributed by atoms with Crippen LogP contribution >= 0.6 is 11.6 Å². The highest BCUT2D eigenvalue weighted by Gasteiger charge is 2.21. The van der Waals surface area contributed by atoms with Gasteiger partial charge in [0.15, 0.2) is 17.6 Å². The number of fused-ring (bicyclic) bond motifs is 1. The summed E-state index contributed by atoms with van der Waals surface area (Å²) in [5.74, 6) is 1.44. The molecular weight excluding hydrogens is 328 g/mol. The predicted octanol–water partition coefficient (Wildman–Crippen LogP) is 3.32. The minimum Gasteiger partial charge on any atom is -0.486 e. The van der Waals surface area contributed by atoms with E-state index >= 15 is 0 Å². The quantitative estimate of drug-likeness (QED) is 0.924. The molecule has 1 atom stereocenters. The number of benzene rings is 2. The van der Waals surface area contributed by atoms with E-state index in [1.54, 1.807) is 11.9 Å². The number of amides is 2. The molecule has 0 aliphatic carbocycles. The van der Waals surface area contributed by atoms with Gasteiger partial charge in [-0.2, -0.15) is 0 Å². The largest absolute Gasteiger partial charge is 0.486 e. The molecule has 1 aliphatic heterocycles. The van der Waals surface area contributed by atoms with Gasteiger partial charge in [-0.05, 0) is 29.8 Å². The maximum Gasteiger partial charge on any atom is 0.317 e. The first-order valence-electron chi connectivity index (χ1n) is 7.74. The summed E-state index contributed by atoms with van der Waals surface area (Å²) in [6.45, 7) is 1.31. The van der Waals surface area contributed by atoms with Gasteiger partial charge in [-0.3, -0.25) is 0 Å². The number of carbonyl (C=O) groups excluding carboxylic acids is 1. The Morgan fingerprint density at radius 2 is 1.92 bits per heavy atom. The van der Waals surface area contributed by atoms with Crippen molar-refractivity contribution in [2.24, 2.45) is 0 Å². The van der Waals surface area contributed by atoms with E-state index in [2.05, 4.69) is 5.32 Å². The highest BCUT2D eigenvalue weighted by molar-refractivity contribution is 6.30. The maximum atomic E-state index is 12.2. The van der Waals surface area contributed by atoms with Crippen molar-refractivity contribution in [3.8, 4) is 11.5 Å². The van der Waals surface area contributed by atoms with Crippen molar-refractivity contribution in [1.82, 2.24) is 10.2 Å². The average molecular weight is 347 g/mol. The van der Waals surface area contributed by atoms with Gasteiger partial charge in [-0.1, -0.05) is 35.9 Å². The maximum absolute atomic E-state index is 12.2. The summed E-state index contributed by atoms with van der Waals surface area (Å²) in [6, 6.07) is 14.8. The molecule has 0 fully saturated rings. The second-order valence-corrected chi connectivity index (χ2v) is 6.10. The van der Waals surface area contributed by atoms with E-state index in [-0.39, 0.29) is 12.1 Å². The molecule has 0 radical (unpaired) electrons. The molecule has 0 bridgehead atoms. The van der Waals surface area contributed by atoms with Crippen LogP contribution < -0.4 is 14.8 Å². The molecule has 2 amide bonds. The van der Waals surface area contributed by atoms with Crippen molar-refractivity contribution < 1.29 is 14.3 Å². The summed E-state index contributed by atoms with van der Waals surface area (Å²) in [7, 11) is 1.75. The Hall–Kier alpha value is -2.40. The first kappa shape index (κ1) is 16.5. The minimum atomic E-state index is -0.201. The number of nitrogens with one attached hydrogen (secondary N) is 1. The van der Waals surface area contributed by atoms with Gasteiger partial charge in [0.05, 0.1) is 6.54 Å². The molecule has 3 rings (SSSR count). The molecule has 1 N–H and O–H groups in total. The van der Waals surface area contributed by atoms with Crippen molar-refractivity contribution in [2.45, 2.75) is 12.6 Å². The van der Waals surface area contributed by atoms with Crippen LogP contribution in [0.25, 0.3) is 0 Å². The Morgan fingerprint density at radius 1 is 1.21 bits per heavy atom. The van der Waals surface area contributed by atoms with Crippen molar-refractivity contribution in [3.05, 3.63) is 59.1 Å². The third-order valence-electron chi connectivity index (χ3n) is 3.73. The van der Waals surface area contributed by atoms with Gasteiger partial charge in [-0.25, -0.2) is 4.79 Å². The predicted molar refractivity (Wildman–Crippen MR) is 92.7 cm³/mol. The van der Waals surface area contributed by atoms with E-state index in [1.165, 1.54) is 0 Å². The fourth-order valence-corrected chi connectivity index (χ4v) is 2.56. The molecule has 5 nitrogen and oxygen atoms in total. The summed E-state index contributed by atoms with van der Waals surface area (Å²) >= 11 is 5.86. The van der Waals surface area contributed by atoms with Gasteiger partial charge in [0.2, 0.25) is 0 Å². The number of para-hydroxylation sites is 2. The SMILES string of the molecule is CN(Cc1ccc(Cl)cc1)C(=O)NCC1COc2ccccc2O1. The van der Waals surface area contributed by atoms with E-state index in [4.69, 9.17) is 21.1 Å². The van der Waals surface area contributed by atoms with E-state index in [0.29, 0.717) is 30.5 Å². The van der Waals surface area contributed by atoms with E-state index < -0.39 is 0 Å². The fraction of sp³-hybridized carbons (Fsp3) is 0.278. The molecule has 0 spiro atoms. The number of halogens is 1. The number of rotatable bonds is 4. The van der Waals surface area contributed by atoms with Gasteiger partial charge in [0.25, 0.3) is 0 Å². The molecule has 126 valence electrons. The van der Waals surface area contributed by atoms with Crippen molar-refractivity contribution in [1.29, 1.82) is 0 Å². The van der Waals surface area contributed by atoms with Crippen molar-refractivity contribution in [3.63, 3.8) is 0 Å². The van der Waals surface area contributed by atoms with Crippen LogP contribution in [-0.4, -0.2) is 37.2 Å². The highest BCUT2D eigenvalue weighted by atomic mass is 35.5. The number of hydrogen-bond donors (Lipinski definition) is 1. The molecule has 0 aromatic heterocycles. The molecule has 1 aliphatic rings. The van der Waals surface area contributed by atoms with Crippen LogP contribution in [0.15, 0.2) is 48.5 Å². The third kappa shape index (κ3) is 4.11. The Kier molecular flexibility index (Phi) is 5.11.